The fraction of sp³-hybridized carbons (Fsp3) is 0.111. The maximum Gasteiger partial charge on any atom is 0.337 e. The minimum absolute atomic E-state index is 0.102. The summed E-state index contributed by atoms with van der Waals surface area (Å²) in [5.41, 5.74) is 2.06. The number of nitriles is 1. The number of rotatable bonds is 5. The molecule has 0 spiro atoms. The van der Waals surface area contributed by atoms with Crippen LogP contribution >= 0.6 is 11.6 Å². The molecule has 0 N–H and O–H groups in total. The number of halogens is 1. The molecule has 0 heterocycles. The molecule has 0 fully saturated rings. The molecule has 0 atom stereocenters. The van der Waals surface area contributed by atoms with Crippen LogP contribution < -0.4 is 4.74 Å². The Morgan fingerprint density at radius 2 is 2.00 bits per heavy atom. The van der Waals surface area contributed by atoms with Gasteiger partial charge in [-0.2, -0.15) is 5.26 Å². The van der Waals surface area contributed by atoms with Crippen molar-refractivity contribution in [2.45, 2.75) is 0 Å². The summed E-state index contributed by atoms with van der Waals surface area (Å²) >= 11 is 5.95. The van der Waals surface area contributed by atoms with Crippen LogP contribution in [-0.2, 0) is 9.53 Å². The van der Waals surface area contributed by atoms with Crippen LogP contribution in [0.25, 0.3) is 11.6 Å². The second kappa shape index (κ2) is 8.14. The quantitative estimate of drug-likeness (QED) is 0.361. The van der Waals surface area contributed by atoms with Gasteiger partial charge >= 0.3 is 5.97 Å². The molecule has 0 aromatic heterocycles. The Bertz CT molecular complexity index is 761. The van der Waals surface area contributed by atoms with Crippen LogP contribution in [0, 0.1) is 11.3 Å². The zero-order valence-electron chi connectivity index (χ0n) is 12.5. The Balaban J connectivity index is 2.18. The minimum atomic E-state index is -0.465. The lowest BCUT2D eigenvalue weighted by Crippen LogP contribution is -2.13. The van der Waals surface area contributed by atoms with Crippen molar-refractivity contribution in [3.63, 3.8) is 0 Å². The van der Waals surface area contributed by atoms with E-state index in [0.29, 0.717) is 16.3 Å². The predicted octanol–water partition coefficient (Wildman–Crippen LogP) is 3.96. The fourth-order valence-corrected chi connectivity index (χ4v) is 2.10. The van der Waals surface area contributed by atoms with Gasteiger partial charge in [-0.1, -0.05) is 35.9 Å². The minimum Gasteiger partial charge on any atom is -0.425 e. The highest BCUT2D eigenvalue weighted by molar-refractivity contribution is 6.30. The molecule has 0 aliphatic heterocycles. The Kier molecular flexibility index (Phi) is 5.93. The summed E-state index contributed by atoms with van der Waals surface area (Å²) in [5, 5.41) is 9.89. The molecule has 2 rings (SSSR count). The molecule has 0 aliphatic rings. The Morgan fingerprint density at radius 1 is 1.26 bits per heavy atom. The second-order valence-electron chi connectivity index (χ2n) is 4.66. The summed E-state index contributed by atoms with van der Waals surface area (Å²) in [4.78, 5) is 11.3. The lowest BCUT2D eigenvalue weighted by Gasteiger charge is -2.04. The number of carbonyl (C=O) groups excluding carboxylic acids is 1. The number of methoxy groups -OCH3 is 1. The van der Waals surface area contributed by atoms with Gasteiger partial charge in [-0.3, -0.25) is 0 Å². The van der Waals surface area contributed by atoms with Gasteiger partial charge in [0.25, 0.3) is 0 Å². The molecule has 116 valence electrons. The third-order valence-electron chi connectivity index (χ3n) is 2.94. The van der Waals surface area contributed by atoms with Crippen molar-refractivity contribution in [2.75, 3.05) is 13.7 Å². The summed E-state index contributed by atoms with van der Waals surface area (Å²) in [6.07, 6.45) is 1.74. The number of hydrogen-bond acceptors (Lipinski definition) is 4. The molecule has 0 aliphatic carbocycles. The van der Waals surface area contributed by atoms with E-state index in [1.165, 1.54) is 7.11 Å². The van der Waals surface area contributed by atoms with Gasteiger partial charge in [0.05, 0.1) is 11.6 Å². The van der Waals surface area contributed by atoms with Crippen LogP contribution in [0.5, 0.6) is 5.75 Å². The van der Waals surface area contributed by atoms with Gasteiger partial charge in [0, 0.05) is 12.1 Å². The summed E-state index contributed by atoms with van der Waals surface area (Å²) in [6, 6.07) is 16.1. The van der Waals surface area contributed by atoms with E-state index in [4.69, 9.17) is 21.1 Å². The first-order chi connectivity index (χ1) is 11.1. The number of benzene rings is 2. The van der Waals surface area contributed by atoms with Gasteiger partial charge < -0.3 is 9.47 Å². The summed E-state index contributed by atoms with van der Waals surface area (Å²) in [6.45, 7) is -0.102. The zero-order chi connectivity index (χ0) is 16.7. The number of hydrogen-bond donors (Lipinski definition) is 0. The van der Waals surface area contributed by atoms with Crippen LogP contribution in [-0.4, -0.2) is 19.7 Å². The topological polar surface area (TPSA) is 59.3 Å². The Labute approximate surface area is 139 Å². The van der Waals surface area contributed by atoms with E-state index in [-0.39, 0.29) is 6.61 Å². The first-order valence-electron chi connectivity index (χ1n) is 6.80. The monoisotopic (exact) mass is 327 g/mol. The average molecular weight is 328 g/mol. The van der Waals surface area contributed by atoms with Crippen molar-refractivity contribution in [3.8, 4) is 11.8 Å². The third-order valence-corrected chi connectivity index (χ3v) is 3.18. The van der Waals surface area contributed by atoms with Gasteiger partial charge in [0.1, 0.15) is 12.4 Å². The van der Waals surface area contributed by atoms with E-state index in [2.05, 4.69) is 6.07 Å². The second-order valence-corrected chi connectivity index (χ2v) is 5.09. The van der Waals surface area contributed by atoms with Crippen molar-refractivity contribution < 1.29 is 14.3 Å². The number of allylic oxidation sites excluding steroid dienone is 1. The predicted molar refractivity (Wildman–Crippen MR) is 88.9 cm³/mol. The third kappa shape index (κ3) is 4.96. The number of nitrogens with zero attached hydrogens (tertiary/aromatic N) is 1. The largest absolute Gasteiger partial charge is 0.425 e. The summed E-state index contributed by atoms with van der Waals surface area (Å²) in [5.74, 6) is -0.0436. The van der Waals surface area contributed by atoms with Crippen LogP contribution in [0.1, 0.15) is 11.1 Å². The molecule has 0 bridgehead atoms. The first kappa shape index (κ1) is 16.8. The lowest BCUT2D eigenvalue weighted by molar-refractivity contribution is -0.138. The summed E-state index contributed by atoms with van der Waals surface area (Å²) in [7, 11) is 1.43. The van der Waals surface area contributed by atoms with E-state index in [0.717, 1.165) is 11.1 Å². The molecule has 0 saturated heterocycles. The highest BCUT2D eigenvalue weighted by Gasteiger charge is 2.05. The highest BCUT2D eigenvalue weighted by Crippen LogP contribution is 2.22. The molecule has 23 heavy (non-hydrogen) atoms. The molecule has 0 unspecified atom stereocenters. The van der Waals surface area contributed by atoms with Gasteiger partial charge in [-0.25, -0.2) is 4.79 Å². The van der Waals surface area contributed by atoms with Gasteiger partial charge in [0.2, 0.25) is 0 Å². The van der Waals surface area contributed by atoms with Crippen molar-refractivity contribution in [2.24, 2.45) is 0 Å². The number of esters is 1. The van der Waals surface area contributed by atoms with E-state index in [1.807, 2.05) is 6.07 Å². The van der Waals surface area contributed by atoms with E-state index < -0.39 is 5.97 Å². The van der Waals surface area contributed by atoms with Crippen molar-refractivity contribution in [3.05, 3.63) is 64.7 Å². The normalized spacial score (nSPS) is 10.9. The molecule has 0 radical (unpaired) electrons. The molecular formula is C18H14ClNO3. The molecular weight excluding hydrogens is 314 g/mol. The van der Waals surface area contributed by atoms with Crippen molar-refractivity contribution >= 4 is 29.2 Å². The maximum absolute atomic E-state index is 11.3. The molecule has 4 nitrogen and oxygen atoms in total. The number of carbonyl (C=O) groups is 1. The fourth-order valence-electron chi connectivity index (χ4n) is 1.91. The average Bonchev–Trinajstić information content (AvgIpc) is 2.54. The van der Waals surface area contributed by atoms with Crippen LogP contribution in [0.15, 0.2) is 48.5 Å². The standard InChI is InChI=1S/C18H14ClNO3/c1-22-12-18(21)23-17-7-5-13(6-8-17)9-15(11-20)14-3-2-4-16(19)10-14/h2-10H,12H2,1H3/b15-9-. The Hall–Kier alpha value is -2.61. The Morgan fingerprint density at radius 3 is 2.61 bits per heavy atom. The van der Waals surface area contributed by atoms with Crippen LogP contribution in [0.4, 0.5) is 0 Å². The first-order valence-corrected chi connectivity index (χ1v) is 7.17. The van der Waals surface area contributed by atoms with Crippen molar-refractivity contribution in [1.29, 1.82) is 5.26 Å². The van der Waals surface area contributed by atoms with Crippen LogP contribution in [0.3, 0.4) is 0 Å². The smallest absolute Gasteiger partial charge is 0.337 e. The van der Waals surface area contributed by atoms with E-state index in [9.17, 15) is 10.1 Å². The summed E-state index contributed by atoms with van der Waals surface area (Å²) < 4.78 is 9.77. The van der Waals surface area contributed by atoms with Crippen LogP contribution in [0.2, 0.25) is 5.02 Å². The molecule has 0 amide bonds. The zero-order valence-corrected chi connectivity index (χ0v) is 13.2. The van der Waals surface area contributed by atoms with Gasteiger partial charge in [0.15, 0.2) is 0 Å². The van der Waals surface area contributed by atoms with Gasteiger partial charge in [-0.15, -0.1) is 0 Å². The van der Waals surface area contributed by atoms with Crippen molar-refractivity contribution in [1.82, 2.24) is 0 Å². The molecule has 0 saturated carbocycles. The molecule has 2 aromatic carbocycles. The van der Waals surface area contributed by atoms with E-state index >= 15 is 0 Å². The molecule has 2 aromatic rings. The maximum atomic E-state index is 11.3. The van der Waals surface area contributed by atoms with Gasteiger partial charge in [-0.05, 0) is 41.5 Å². The highest BCUT2D eigenvalue weighted by atomic mass is 35.5. The van der Waals surface area contributed by atoms with E-state index in [1.54, 1.807) is 48.5 Å². The number of ether oxygens (including phenoxy) is 2. The lowest BCUT2D eigenvalue weighted by atomic mass is 10.0. The molecule has 5 heteroatoms. The SMILES string of the molecule is COCC(=O)Oc1ccc(/C=C(/C#N)c2cccc(Cl)c2)cc1.